The molecule has 16 heavy (non-hydrogen) atoms. The Kier molecular flexibility index (Phi) is 12.6. The highest BCUT2D eigenvalue weighted by Gasteiger charge is 1.98. The maximum atomic E-state index is 10.8. The minimum atomic E-state index is -0.0544. The Bertz CT molecular complexity index is 162. The van der Waals surface area contributed by atoms with E-state index in [2.05, 4.69) is 11.8 Å². The summed E-state index contributed by atoms with van der Waals surface area (Å²) in [5.41, 5.74) is 0. The van der Waals surface area contributed by atoms with Crippen LogP contribution >= 0.6 is 11.8 Å². The Labute approximate surface area is 105 Å². The number of carbonyl (C=O) groups is 1. The first kappa shape index (κ1) is 15.8. The van der Waals surface area contributed by atoms with E-state index < -0.39 is 0 Å². The van der Waals surface area contributed by atoms with E-state index in [0.717, 1.165) is 12.8 Å². The van der Waals surface area contributed by atoms with E-state index in [1.54, 1.807) is 0 Å². The fraction of sp³-hybridized carbons (Fsp3) is 0.923. The van der Waals surface area contributed by atoms with Gasteiger partial charge in [-0.05, 0) is 6.42 Å². The Balaban J connectivity index is 2.96. The number of rotatable bonds is 11. The number of nitrogens with one attached hydrogen (secondary N) is 1. The van der Waals surface area contributed by atoms with Crippen molar-refractivity contribution >= 4 is 17.7 Å². The summed E-state index contributed by atoms with van der Waals surface area (Å²) in [6, 6.07) is 0. The van der Waals surface area contributed by atoms with E-state index >= 15 is 0 Å². The number of carbonyl (C=O) groups excluding carboxylic acids is 1. The molecule has 96 valence electrons. The maximum Gasteiger partial charge on any atom is 0.234 e. The Hall–Kier alpha value is -0.240. The van der Waals surface area contributed by atoms with E-state index in [9.17, 15) is 4.79 Å². The van der Waals surface area contributed by atoms with Crippen molar-refractivity contribution in [2.45, 2.75) is 77.6 Å². The van der Waals surface area contributed by atoms with Gasteiger partial charge in [-0.3, -0.25) is 9.63 Å². The van der Waals surface area contributed by atoms with Gasteiger partial charge < -0.3 is 0 Å². The predicted octanol–water partition coefficient (Wildman–Crippen LogP) is 4.57. The monoisotopic (exact) mass is 247 g/mol. The first-order valence-corrected chi connectivity index (χ1v) is 7.08. The van der Waals surface area contributed by atoms with Crippen molar-refractivity contribution in [2.75, 3.05) is 0 Å². The molecule has 0 aliphatic rings. The number of amides is 1. The van der Waals surface area contributed by atoms with Gasteiger partial charge in [-0.15, -0.1) is 0 Å². The van der Waals surface area contributed by atoms with Crippen LogP contribution in [0, 0.1) is 0 Å². The highest BCUT2D eigenvalue weighted by molar-refractivity contribution is 6.21. The molecule has 0 aromatic heterocycles. The standard InChI is InChI=1S/C13H26ClNO/c1-2-3-4-5-6-7-8-9-10-11-12-13(16)15-14/h2-12H2,1H3,(H,15,16). The van der Waals surface area contributed by atoms with Crippen molar-refractivity contribution in [1.82, 2.24) is 4.84 Å². The van der Waals surface area contributed by atoms with E-state index in [1.807, 2.05) is 0 Å². The van der Waals surface area contributed by atoms with Gasteiger partial charge in [0.2, 0.25) is 5.91 Å². The summed E-state index contributed by atoms with van der Waals surface area (Å²) in [5.74, 6) is -0.0544. The van der Waals surface area contributed by atoms with Crippen LogP contribution in [0.4, 0.5) is 0 Å². The summed E-state index contributed by atoms with van der Waals surface area (Å²) in [7, 11) is 0. The van der Waals surface area contributed by atoms with E-state index in [-0.39, 0.29) is 5.91 Å². The molecule has 0 aromatic carbocycles. The van der Waals surface area contributed by atoms with E-state index in [0.29, 0.717) is 6.42 Å². The Morgan fingerprint density at radius 2 is 1.31 bits per heavy atom. The van der Waals surface area contributed by atoms with Gasteiger partial charge in [0, 0.05) is 18.2 Å². The van der Waals surface area contributed by atoms with Crippen molar-refractivity contribution in [3.63, 3.8) is 0 Å². The summed E-state index contributed by atoms with van der Waals surface area (Å²) < 4.78 is 0. The fourth-order valence-electron chi connectivity index (χ4n) is 1.82. The number of hydrogen-bond donors (Lipinski definition) is 1. The van der Waals surface area contributed by atoms with Gasteiger partial charge in [-0.1, -0.05) is 64.7 Å². The topological polar surface area (TPSA) is 29.1 Å². The third-order valence-corrected chi connectivity index (χ3v) is 3.07. The summed E-state index contributed by atoms with van der Waals surface area (Å²) in [5, 5.41) is 0. The second-order valence-corrected chi connectivity index (χ2v) is 4.64. The quantitative estimate of drug-likeness (QED) is 0.421. The molecule has 0 aromatic rings. The number of unbranched alkanes of at least 4 members (excludes halogenated alkanes) is 9. The lowest BCUT2D eigenvalue weighted by Crippen LogP contribution is -2.11. The van der Waals surface area contributed by atoms with Crippen molar-refractivity contribution in [2.24, 2.45) is 0 Å². The zero-order chi connectivity index (χ0) is 12.1. The van der Waals surface area contributed by atoms with Crippen LogP contribution in [0.2, 0.25) is 0 Å². The molecule has 0 spiro atoms. The van der Waals surface area contributed by atoms with E-state index in [4.69, 9.17) is 11.8 Å². The van der Waals surface area contributed by atoms with Crippen molar-refractivity contribution < 1.29 is 4.79 Å². The van der Waals surface area contributed by atoms with Crippen LogP contribution in [-0.4, -0.2) is 5.91 Å². The summed E-state index contributed by atoms with van der Waals surface area (Å²) in [6.45, 7) is 2.25. The molecule has 0 rings (SSSR count). The van der Waals surface area contributed by atoms with Gasteiger partial charge in [0.1, 0.15) is 0 Å². The average Bonchev–Trinajstić information content (AvgIpc) is 2.31. The third-order valence-electron chi connectivity index (χ3n) is 2.86. The van der Waals surface area contributed by atoms with Crippen molar-refractivity contribution in [1.29, 1.82) is 0 Å². The molecular formula is C13H26ClNO. The molecule has 0 unspecified atom stereocenters. The summed E-state index contributed by atoms with van der Waals surface area (Å²) in [4.78, 5) is 12.9. The average molecular weight is 248 g/mol. The normalized spacial score (nSPS) is 10.4. The molecule has 0 aliphatic carbocycles. The smallest absolute Gasteiger partial charge is 0.234 e. The molecule has 0 heterocycles. The first-order chi connectivity index (χ1) is 7.81. The van der Waals surface area contributed by atoms with Crippen LogP contribution in [0.3, 0.4) is 0 Å². The van der Waals surface area contributed by atoms with Gasteiger partial charge in [-0.2, -0.15) is 0 Å². The van der Waals surface area contributed by atoms with E-state index in [1.165, 1.54) is 51.4 Å². The molecular weight excluding hydrogens is 222 g/mol. The molecule has 0 saturated heterocycles. The van der Waals surface area contributed by atoms with Gasteiger partial charge in [-0.25, -0.2) is 0 Å². The molecule has 0 saturated carbocycles. The van der Waals surface area contributed by atoms with Crippen LogP contribution in [-0.2, 0) is 4.79 Å². The molecule has 0 fully saturated rings. The van der Waals surface area contributed by atoms with Crippen LogP contribution in [0.1, 0.15) is 77.6 Å². The largest absolute Gasteiger partial charge is 0.274 e. The molecule has 0 bridgehead atoms. The second kappa shape index (κ2) is 12.8. The zero-order valence-corrected chi connectivity index (χ0v) is 11.3. The number of hydrogen-bond acceptors (Lipinski definition) is 1. The van der Waals surface area contributed by atoms with Crippen LogP contribution < -0.4 is 4.84 Å². The molecule has 0 aliphatic heterocycles. The highest BCUT2D eigenvalue weighted by atomic mass is 35.5. The molecule has 3 heteroatoms. The van der Waals surface area contributed by atoms with Crippen molar-refractivity contribution in [3.8, 4) is 0 Å². The molecule has 0 atom stereocenters. The van der Waals surface area contributed by atoms with Gasteiger partial charge in [0.25, 0.3) is 0 Å². The Morgan fingerprint density at radius 1 is 0.875 bits per heavy atom. The second-order valence-electron chi connectivity index (χ2n) is 4.45. The molecule has 1 N–H and O–H groups in total. The zero-order valence-electron chi connectivity index (χ0n) is 10.6. The molecule has 2 nitrogen and oxygen atoms in total. The minimum absolute atomic E-state index is 0.0544. The lowest BCUT2D eigenvalue weighted by Gasteiger charge is -2.01. The SMILES string of the molecule is CCCCCCCCCCCCC(=O)NCl. The first-order valence-electron chi connectivity index (χ1n) is 6.70. The third kappa shape index (κ3) is 11.8. The van der Waals surface area contributed by atoms with Crippen molar-refractivity contribution in [3.05, 3.63) is 0 Å². The maximum absolute atomic E-state index is 10.8. The van der Waals surface area contributed by atoms with Gasteiger partial charge in [0.05, 0.1) is 0 Å². The molecule has 1 amide bonds. The fourth-order valence-corrected chi connectivity index (χ4v) is 1.91. The highest BCUT2D eigenvalue weighted by Crippen LogP contribution is 2.11. The summed E-state index contributed by atoms with van der Waals surface area (Å²) >= 11 is 5.18. The van der Waals surface area contributed by atoms with Crippen LogP contribution in [0.25, 0.3) is 0 Å². The van der Waals surface area contributed by atoms with Crippen LogP contribution in [0.15, 0.2) is 0 Å². The minimum Gasteiger partial charge on any atom is -0.274 e. The lowest BCUT2D eigenvalue weighted by atomic mass is 10.1. The lowest BCUT2D eigenvalue weighted by molar-refractivity contribution is -0.119. The Morgan fingerprint density at radius 3 is 1.75 bits per heavy atom. The van der Waals surface area contributed by atoms with Crippen LogP contribution in [0.5, 0.6) is 0 Å². The van der Waals surface area contributed by atoms with Gasteiger partial charge in [0.15, 0.2) is 0 Å². The summed E-state index contributed by atoms with van der Waals surface area (Å²) in [6.07, 6.45) is 13.5. The number of halogens is 1. The molecule has 0 radical (unpaired) electrons. The van der Waals surface area contributed by atoms with Gasteiger partial charge >= 0.3 is 0 Å². The predicted molar refractivity (Wildman–Crippen MR) is 70.5 cm³/mol.